The van der Waals surface area contributed by atoms with Crippen molar-refractivity contribution < 1.29 is 14.4 Å². The van der Waals surface area contributed by atoms with Crippen LogP contribution in [0.15, 0.2) is 82.6 Å². The minimum Gasteiger partial charge on any atom is -0.325 e. The van der Waals surface area contributed by atoms with E-state index in [2.05, 4.69) is 5.32 Å². The summed E-state index contributed by atoms with van der Waals surface area (Å²) < 4.78 is 1.37. The molecule has 3 aromatic carbocycles. The monoisotopic (exact) mass is 629 g/mol. The second-order valence-electron chi connectivity index (χ2n) is 9.26. The Morgan fingerprint density at radius 2 is 1.38 bits per heavy atom. The Bertz CT molecular complexity index is 1700. The molecule has 0 aliphatic carbocycles. The van der Waals surface area contributed by atoms with E-state index < -0.39 is 23.0 Å². The summed E-state index contributed by atoms with van der Waals surface area (Å²) >= 11 is 20.2. The topological polar surface area (TPSA) is 88.5 Å². The normalized spacial score (nSPS) is 19.9. The Morgan fingerprint density at radius 3 is 2.00 bits per heavy atom. The Labute approximate surface area is 251 Å². The summed E-state index contributed by atoms with van der Waals surface area (Å²) in [6.07, 6.45) is 0. The molecule has 202 valence electrons. The van der Waals surface area contributed by atoms with Crippen molar-refractivity contribution in [3.8, 4) is 0 Å². The van der Waals surface area contributed by atoms with Crippen molar-refractivity contribution in [1.82, 2.24) is 4.57 Å². The lowest BCUT2D eigenvalue weighted by molar-refractivity contribution is -0.122. The molecule has 2 aliphatic rings. The summed E-state index contributed by atoms with van der Waals surface area (Å²) in [6, 6.07) is 20.2. The van der Waals surface area contributed by atoms with Gasteiger partial charge >= 0.3 is 4.87 Å². The number of halogens is 3. The van der Waals surface area contributed by atoms with E-state index in [0.29, 0.717) is 36.3 Å². The summed E-state index contributed by atoms with van der Waals surface area (Å²) in [6.45, 7) is -0.256. The lowest BCUT2D eigenvalue weighted by Crippen LogP contribution is -2.33. The number of thioether (sulfide) groups is 1. The van der Waals surface area contributed by atoms with Crippen molar-refractivity contribution in [2.75, 3.05) is 10.2 Å². The highest BCUT2D eigenvalue weighted by Gasteiger charge is 2.56. The molecule has 3 atom stereocenters. The smallest absolute Gasteiger partial charge is 0.308 e. The average molecular weight is 631 g/mol. The van der Waals surface area contributed by atoms with Gasteiger partial charge in [-0.05, 0) is 66.2 Å². The van der Waals surface area contributed by atoms with Crippen LogP contribution in [-0.4, -0.2) is 27.5 Å². The number of hydrogen-bond acceptors (Lipinski definition) is 6. The molecule has 1 saturated heterocycles. The fourth-order valence-corrected chi connectivity index (χ4v) is 8.16. The first-order valence-corrected chi connectivity index (χ1v) is 14.9. The highest BCUT2D eigenvalue weighted by molar-refractivity contribution is 8.00. The molecule has 2 unspecified atom stereocenters. The molecular formula is C28H18Cl3N3O4S2. The lowest BCUT2D eigenvalue weighted by Gasteiger charge is -2.30. The Morgan fingerprint density at radius 1 is 0.800 bits per heavy atom. The third kappa shape index (κ3) is 4.86. The molecule has 0 bridgehead atoms. The molecule has 0 radical (unpaired) electrons. The number of anilines is 2. The molecule has 1 aromatic heterocycles. The summed E-state index contributed by atoms with van der Waals surface area (Å²) in [5, 5.41) is 4.01. The predicted octanol–water partition coefficient (Wildman–Crippen LogP) is 6.30. The zero-order valence-electron chi connectivity index (χ0n) is 20.3. The predicted molar refractivity (Wildman–Crippen MR) is 159 cm³/mol. The second-order valence-corrected chi connectivity index (χ2v) is 12.7. The number of nitrogens with one attached hydrogen (secondary N) is 1. The molecule has 2 aliphatic heterocycles. The molecule has 40 heavy (non-hydrogen) atoms. The minimum absolute atomic E-state index is 0.256. The molecule has 3 amide bonds. The number of carbonyl (C=O) groups excluding carboxylic acids is 3. The van der Waals surface area contributed by atoms with Crippen molar-refractivity contribution in [1.29, 1.82) is 0 Å². The summed E-state index contributed by atoms with van der Waals surface area (Å²) in [7, 11) is 0. The quantitative estimate of drug-likeness (QED) is 0.261. The van der Waals surface area contributed by atoms with Crippen LogP contribution < -0.4 is 15.1 Å². The number of imide groups is 1. The minimum atomic E-state index is -0.795. The van der Waals surface area contributed by atoms with E-state index in [1.54, 1.807) is 72.8 Å². The van der Waals surface area contributed by atoms with Crippen LogP contribution >= 0.6 is 57.9 Å². The fourth-order valence-electron chi connectivity index (χ4n) is 5.01. The molecule has 0 saturated carbocycles. The molecule has 6 rings (SSSR count). The SMILES string of the molecule is O=C(Cn1c2c(sc1=O)[C@@H](c1ccc(Cl)cc1)C1C(=O)N(c3ccc(Cl)cc3)C(=O)C1S2)Nc1ccc(Cl)cc1. The van der Waals surface area contributed by atoms with Crippen molar-refractivity contribution in [3.05, 3.63) is 108 Å². The summed E-state index contributed by atoms with van der Waals surface area (Å²) in [5.74, 6) is -2.49. The van der Waals surface area contributed by atoms with E-state index in [-0.39, 0.29) is 23.2 Å². The highest BCUT2D eigenvalue weighted by Crippen LogP contribution is 2.54. The Kier molecular flexibility index (Phi) is 7.27. The van der Waals surface area contributed by atoms with Gasteiger partial charge in [-0.3, -0.25) is 23.7 Å². The molecule has 12 heteroatoms. The Balaban J connectivity index is 1.40. The van der Waals surface area contributed by atoms with Gasteiger partial charge in [-0.1, -0.05) is 70.0 Å². The first-order chi connectivity index (χ1) is 19.2. The van der Waals surface area contributed by atoms with Gasteiger partial charge in [0.25, 0.3) is 0 Å². The summed E-state index contributed by atoms with van der Waals surface area (Å²) in [4.78, 5) is 55.3. The van der Waals surface area contributed by atoms with Crippen LogP contribution in [0.25, 0.3) is 0 Å². The number of aromatic nitrogens is 1. The van der Waals surface area contributed by atoms with Crippen LogP contribution in [0.1, 0.15) is 16.4 Å². The van der Waals surface area contributed by atoms with Gasteiger partial charge in [0.05, 0.1) is 16.6 Å². The standard InChI is InChI=1S/C28H18Cl3N3O4S2/c29-15-3-1-14(2-4-15)21-22-23(26(37)34(25(22)36)19-11-7-17(31)8-12-19)39-27-24(21)40-28(38)33(27)13-20(35)32-18-9-5-16(30)6-10-18/h1-12,21-23H,13H2,(H,32,35)/t21-,22?,23?/m0/s1. The molecule has 1 fully saturated rings. The maximum absolute atomic E-state index is 13.9. The molecular weight excluding hydrogens is 613 g/mol. The number of benzene rings is 3. The fraction of sp³-hybridized carbons (Fsp3) is 0.143. The maximum atomic E-state index is 13.9. The first kappa shape index (κ1) is 27.1. The second kappa shape index (κ2) is 10.7. The number of amides is 3. The van der Waals surface area contributed by atoms with E-state index in [1.165, 1.54) is 9.47 Å². The van der Waals surface area contributed by atoms with Gasteiger partial charge in [0.15, 0.2) is 0 Å². The van der Waals surface area contributed by atoms with Gasteiger partial charge in [-0.25, -0.2) is 4.90 Å². The van der Waals surface area contributed by atoms with Crippen molar-refractivity contribution in [2.45, 2.75) is 22.7 Å². The van der Waals surface area contributed by atoms with Gasteiger partial charge in [0, 0.05) is 31.6 Å². The molecule has 1 N–H and O–H groups in total. The maximum Gasteiger partial charge on any atom is 0.308 e. The summed E-state index contributed by atoms with van der Waals surface area (Å²) in [5.41, 5.74) is 1.71. The van der Waals surface area contributed by atoms with Crippen molar-refractivity contribution in [2.24, 2.45) is 5.92 Å². The number of nitrogens with zero attached hydrogens (tertiary/aromatic N) is 2. The number of carbonyl (C=O) groups is 3. The first-order valence-electron chi connectivity index (χ1n) is 12.1. The van der Waals surface area contributed by atoms with Gasteiger partial charge in [0.1, 0.15) is 11.8 Å². The van der Waals surface area contributed by atoms with Gasteiger partial charge < -0.3 is 5.32 Å². The van der Waals surface area contributed by atoms with Crippen LogP contribution in [0.2, 0.25) is 15.1 Å². The van der Waals surface area contributed by atoms with E-state index in [1.807, 2.05) is 0 Å². The van der Waals surface area contributed by atoms with E-state index >= 15 is 0 Å². The van der Waals surface area contributed by atoms with Crippen LogP contribution in [-0.2, 0) is 20.9 Å². The van der Waals surface area contributed by atoms with Crippen molar-refractivity contribution >= 4 is 87.0 Å². The average Bonchev–Trinajstić information content (AvgIpc) is 3.37. The van der Waals surface area contributed by atoms with Crippen LogP contribution in [0.4, 0.5) is 11.4 Å². The van der Waals surface area contributed by atoms with Crippen LogP contribution in [0.3, 0.4) is 0 Å². The van der Waals surface area contributed by atoms with E-state index in [4.69, 9.17) is 34.8 Å². The van der Waals surface area contributed by atoms with Crippen LogP contribution in [0, 0.1) is 5.92 Å². The largest absolute Gasteiger partial charge is 0.325 e. The number of rotatable bonds is 5. The molecule has 4 aromatic rings. The van der Waals surface area contributed by atoms with Crippen LogP contribution in [0.5, 0.6) is 0 Å². The van der Waals surface area contributed by atoms with Gasteiger partial charge in [-0.2, -0.15) is 0 Å². The third-order valence-electron chi connectivity index (χ3n) is 6.79. The number of hydrogen-bond donors (Lipinski definition) is 1. The zero-order valence-corrected chi connectivity index (χ0v) is 24.2. The Hall–Kier alpha value is -3.08. The number of fused-ring (bicyclic) bond motifs is 2. The molecule has 7 nitrogen and oxygen atoms in total. The van der Waals surface area contributed by atoms with Gasteiger partial charge in [-0.15, -0.1) is 0 Å². The van der Waals surface area contributed by atoms with E-state index in [0.717, 1.165) is 28.7 Å². The van der Waals surface area contributed by atoms with E-state index in [9.17, 15) is 19.2 Å². The van der Waals surface area contributed by atoms with Gasteiger partial charge in [0.2, 0.25) is 17.7 Å². The molecule has 3 heterocycles. The van der Waals surface area contributed by atoms with Crippen molar-refractivity contribution in [3.63, 3.8) is 0 Å². The lowest BCUT2D eigenvalue weighted by atomic mass is 9.83. The highest BCUT2D eigenvalue weighted by atomic mass is 35.5. The number of thiazole rings is 1. The zero-order chi connectivity index (χ0) is 28.1. The third-order valence-corrected chi connectivity index (χ3v) is 10.2. The molecule has 0 spiro atoms.